The minimum Gasteiger partial charge on any atom is -0.397 e. The molecule has 7 nitrogen and oxygen atoms in total. The van der Waals surface area contributed by atoms with Crippen molar-refractivity contribution < 1.29 is 4.79 Å². The first kappa shape index (κ1) is 23.8. The highest BCUT2D eigenvalue weighted by Gasteiger charge is 2.33. The zero-order chi connectivity index (χ0) is 24.8. The van der Waals surface area contributed by atoms with E-state index in [1.54, 1.807) is 30.5 Å². The summed E-state index contributed by atoms with van der Waals surface area (Å²) in [5.74, 6) is 1.50. The Morgan fingerprint density at radius 3 is 2.57 bits per heavy atom. The van der Waals surface area contributed by atoms with Gasteiger partial charge in [-0.2, -0.15) is 0 Å². The second kappa shape index (κ2) is 10.7. The van der Waals surface area contributed by atoms with Gasteiger partial charge in [0.15, 0.2) is 0 Å². The van der Waals surface area contributed by atoms with Crippen molar-refractivity contribution in [3.63, 3.8) is 0 Å². The zero-order valence-electron chi connectivity index (χ0n) is 20.1. The van der Waals surface area contributed by atoms with Crippen LogP contribution in [0.5, 0.6) is 0 Å². The molecule has 0 saturated heterocycles. The molecule has 2 atom stereocenters. The highest BCUT2D eigenvalue weighted by atomic mass is 16.1. The van der Waals surface area contributed by atoms with Crippen molar-refractivity contribution in [3.8, 4) is 0 Å². The monoisotopic (exact) mass is 466 g/mol. The van der Waals surface area contributed by atoms with Crippen molar-refractivity contribution in [2.75, 3.05) is 16.4 Å². The van der Waals surface area contributed by atoms with Crippen LogP contribution in [0, 0.1) is 0 Å². The molecular weight excluding hydrogens is 436 g/mol. The van der Waals surface area contributed by atoms with E-state index in [-0.39, 0.29) is 18.0 Å². The maximum absolute atomic E-state index is 12.5. The number of pyridine rings is 1. The first-order valence-corrected chi connectivity index (χ1v) is 11.8. The van der Waals surface area contributed by atoms with Crippen LogP contribution in [0.25, 0.3) is 0 Å². The first-order valence-electron chi connectivity index (χ1n) is 11.8. The average molecular weight is 467 g/mol. The zero-order valence-corrected chi connectivity index (χ0v) is 20.1. The van der Waals surface area contributed by atoms with Gasteiger partial charge < -0.3 is 21.3 Å². The van der Waals surface area contributed by atoms with Gasteiger partial charge >= 0.3 is 0 Å². The van der Waals surface area contributed by atoms with Gasteiger partial charge in [-0.15, -0.1) is 0 Å². The number of hydrogen-bond acceptors (Lipinski definition) is 6. The van der Waals surface area contributed by atoms with Crippen LogP contribution in [0.15, 0.2) is 96.3 Å². The third-order valence-corrected chi connectivity index (χ3v) is 5.71. The second-order valence-corrected chi connectivity index (χ2v) is 8.00. The third-order valence-electron chi connectivity index (χ3n) is 5.71. The summed E-state index contributed by atoms with van der Waals surface area (Å²) in [5, 5.41) is 6.17. The van der Waals surface area contributed by atoms with E-state index in [0.717, 1.165) is 22.9 Å². The Labute approximate surface area is 206 Å². The molecule has 0 radical (unpaired) electrons. The van der Waals surface area contributed by atoms with Gasteiger partial charge in [0.25, 0.3) is 5.91 Å². The van der Waals surface area contributed by atoms with E-state index in [0.29, 0.717) is 16.9 Å². The number of nitrogens with one attached hydrogen (secondary N) is 2. The molecule has 3 aromatic rings. The number of nitrogens with zero attached hydrogens (tertiary/aromatic N) is 3. The molecule has 4 N–H and O–H groups in total. The van der Waals surface area contributed by atoms with Gasteiger partial charge in [-0.05, 0) is 73.2 Å². The van der Waals surface area contributed by atoms with E-state index in [9.17, 15) is 4.79 Å². The van der Waals surface area contributed by atoms with Crippen molar-refractivity contribution in [1.29, 1.82) is 0 Å². The van der Waals surface area contributed by atoms with Crippen molar-refractivity contribution in [3.05, 3.63) is 102 Å². The van der Waals surface area contributed by atoms with Crippen LogP contribution >= 0.6 is 0 Å². The average Bonchev–Trinajstić information content (AvgIpc) is 3.23. The van der Waals surface area contributed by atoms with E-state index in [1.165, 1.54) is 0 Å². The Morgan fingerprint density at radius 1 is 1.03 bits per heavy atom. The molecule has 5 rings (SSSR count). The van der Waals surface area contributed by atoms with Gasteiger partial charge in [-0.25, -0.2) is 4.98 Å². The predicted molar refractivity (Wildman–Crippen MR) is 144 cm³/mol. The number of nitrogen functional groups attached to an aromatic ring is 1. The molecule has 1 amide bonds. The Bertz CT molecular complexity index is 1280. The summed E-state index contributed by atoms with van der Waals surface area (Å²) in [6.07, 6.45) is 9.92. The second-order valence-electron chi connectivity index (χ2n) is 8.00. The number of anilines is 4. The smallest absolute Gasteiger partial charge is 0.255 e. The largest absolute Gasteiger partial charge is 0.397 e. The minimum atomic E-state index is -0.214. The molecule has 0 spiro atoms. The molecular formula is C28H30N6O. The molecule has 0 bridgehead atoms. The van der Waals surface area contributed by atoms with Gasteiger partial charge in [0.1, 0.15) is 11.7 Å². The topological polar surface area (TPSA) is 95.6 Å². The van der Waals surface area contributed by atoms with E-state index < -0.39 is 0 Å². The maximum Gasteiger partial charge on any atom is 0.255 e. The Morgan fingerprint density at radius 2 is 1.80 bits per heavy atom. The predicted octanol–water partition coefficient (Wildman–Crippen LogP) is 5.91. The molecule has 7 heteroatoms. The molecule has 1 aromatic heterocycles. The molecule has 0 aliphatic carbocycles. The number of para-hydroxylation sites is 2. The van der Waals surface area contributed by atoms with Crippen LogP contribution in [0.2, 0.25) is 0 Å². The number of fused-ring (bicyclic) bond motifs is 1. The number of allylic oxidation sites excluding steroid dienone is 2. The summed E-state index contributed by atoms with van der Waals surface area (Å²) in [7, 11) is 0. The van der Waals surface area contributed by atoms with Crippen molar-refractivity contribution in [1.82, 2.24) is 9.88 Å². The van der Waals surface area contributed by atoms with Gasteiger partial charge in [0, 0.05) is 23.6 Å². The van der Waals surface area contributed by atoms with Gasteiger partial charge in [-0.3, -0.25) is 9.79 Å². The Kier molecular flexibility index (Phi) is 7.26. The third kappa shape index (κ3) is 5.24. The van der Waals surface area contributed by atoms with E-state index in [1.807, 2.05) is 68.5 Å². The van der Waals surface area contributed by atoms with Crippen LogP contribution in [0.3, 0.4) is 0 Å². The minimum absolute atomic E-state index is 0.126. The highest BCUT2D eigenvalue weighted by Crippen LogP contribution is 2.34. The standard InChI is InChI=1S/C26H24N6O.C2H6/c1-17-25(32-15-5-4-8-24(32)29-17)19-13-14-28-23(16-19)30-20-11-9-18(10-12-20)26(33)31-22-7-3-2-6-21(22)27;1-2/h2-17,25H,27H2,1H3,(H,28,30)(H,31,33);1-2H3. The fraction of sp³-hybridized carbons (Fsp3) is 0.179. The van der Waals surface area contributed by atoms with Crippen molar-refractivity contribution in [2.24, 2.45) is 4.99 Å². The summed E-state index contributed by atoms with van der Waals surface area (Å²) in [6, 6.07) is 18.8. The molecule has 2 aliphatic rings. The summed E-state index contributed by atoms with van der Waals surface area (Å²) < 4.78 is 0. The number of benzene rings is 2. The van der Waals surface area contributed by atoms with Crippen molar-refractivity contribution >= 4 is 34.6 Å². The van der Waals surface area contributed by atoms with Crippen LogP contribution in [0.1, 0.15) is 42.7 Å². The molecule has 2 aromatic carbocycles. The number of aromatic nitrogens is 1. The fourth-order valence-electron chi connectivity index (χ4n) is 4.10. The molecule has 0 saturated carbocycles. The van der Waals surface area contributed by atoms with E-state index in [4.69, 9.17) is 10.7 Å². The van der Waals surface area contributed by atoms with Gasteiger partial charge in [0.2, 0.25) is 0 Å². The lowest BCUT2D eigenvalue weighted by Gasteiger charge is -2.27. The lowest BCUT2D eigenvalue weighted by Crippen LogP contribution is -2.28. The number of rotatable bonds is 5. The summed E-state index contributed by atoms with van der Waals surface area (Å²) in [5.41, 5.74) is 9.55. The quantitative estimate of drug-likeness (QED) is 0.406. The van der Waals surface area contributed by atoms with Gasteiger partial charge in [0.05, 0.1) is 23.5 Å². The summed E-state index contributed by atoms with van der Waals surface area (Å²) >= 11 is 0. The highest BCUT2D eigenvalue weighted by molar-refractivity contribution is 6.05. The van der Waals surface area contributed by atoms with Gasteiger partial charge in [-0.1, -0.05) is 32.1 Å². The number of carbonyl (C=O) groups excluding carboxylic acids is 1. The molecule has 2 aliphatic heterocycles. The normalized spacial score (nSPS) is 17.7. The molecule has 0 fully saturated rings. The lowest BCUT2D eigenvalue weighted by molar-refractivity contribution is 0.102. The van der Waals surface area contributed by atoms with E-state index in [2.05, 4.69) is 33.6 Å². The number of carbonyl (C=O) groups is 1. The number of amides is 1. The molecule has 2 unspecified atom stereocenters. The number of aliphatic imine (C=N–C) groups is 1. The molecule has 35 heavy (non-hydrogen) atoms. The van der Waals surface area contributed by atoms with Crippen LogP contribution in [-0.4, -0.2) is 27.7 Å². The first-order chi connectivity index (χ1) is 17.1. The number of amidine groups is 1. The number of nitrogens with two attached hydrogens (primary N) is 1. The van der Waals surface area contributed by atoms with Crippen molar-refractivity contribution in [2.45, 2.75) is 32.9 Å². The number of hydrogen-bond donors (Lipinski definition) is 3. The summed E-state index contributed by atoms with van der Waals surface area (Å²) in [4.78, 5) is 24.0. The van der Waals surface area contributed by atoms with Crippen LogP contribution in [-0.2, 0) is 0 Å². The van der Waals surface area contributed by atoms with Crippen LogP contribution < -0.4 is 16.4 Å². The maximum atomic E-state index is 12.5. The molecule has 3 heterocycles. The lowest BCUT2D eigenvalue weighted by atomic mass is 10.0. The summed E-state index contributed by atoms with van der Waals surface area (Å²) in [6.45, 7) is 6.12. The Balaban J connectivity index is 0.00000141. The van der Waals surface area contributed by atoms with Crippen LogP contribution in [0.4, 0.5) is 22.9 Å². The fourth-order valence-corrected chi connectivity index (χ4v) is 4.10. The Hall–Kier alpha value is -4.39. The molecule has 178 valence electrons. The van der Waals surface area contributed by atoms with E-state index >= 15 is 0 Å². The SMILES string of the molecule is CC.CC1N=C2C=CC=CN2C1c1ccnc(Nc2ccc(C(=O)Nc3ccccc3N)cc2)c1.